The fourth-order valence-electron chi connectivity index (χ4n) is 1.27. The Bertz CT molecular complexity index is 615. The molecular formula is C11H12ClN5S. The average Bonchev–Trinajstić information content (AvgIpc) is 2.74. The van der Waals surface area contributed by atoms with Gasteiger partial charge in [-0.25, -0.2) is 4.98 Å². The Morgan fingerprint density at radius 2 is 2.22 bits per heavy atom. The van der Waals surface area contributed by atoms with Gasteiger partial charge in [-0.05, 0) is 36.9 Å². The second-order valence-electron chi connectivity index (χ2n) is 3.75. The lowest BCUT2D eigenvalue weighted by Gasteiger charge is -2.09. The minimum atomic E-state index is 0.200. The number of thiophene rings is 1. The number of fused-ring (bicyclic) bond motifs is 1. The largest absolute Gasteiger partial charge is 0.325 e. The minimum Gasteiger partial charge on any atom is -0.325 e. The molecule has 0 aliphatic carbocycles. The monoisotopic (exact) mass is 281 g/mol. The first-order valence-electron chi connectivity index (χ1n) is 5.20. The maximum atomic E-state index is 5.86. The van der Waals surface area contributed by atoms with E-state index in [9.17, 15) is 0 Å². The van der Waals surface area contributed by atoms with E-state index >= 15 is 0 Å². The van der Waals surface area contributed by atoms with Gasteiger partial charge >= 0.3 is 0 Å². The van der Waals surface area contributed by atoms with Crippen molar-refractivity contribution in [2.45, 2.75) is 13.8 Å². The number of hydrazone groups is 1. The first-order valence-corrected chi connectivity index (χ1v) is 6.45. The van der Waals surface area contributed by atoms with Crippen molar-refractivity contribution in [2.75, 3.05) is 5.32 Å². The summed E-state index contributed by atoms with van der Waals surface area (Å²) in [4.78, 5) is 8.27. The Balaban J connectivity index is 2.23. The van der Waals surface area contributed by atoms with E-state index in [1.54, 1.807) is 0 Å². The van der Waals surface area contributed by atoms with E-state index in [1.807, 2.05) is 25.3 Å². The van der Waals surface area contributed by atoms with Crippen molar-refractivity contribution in [3.8, 4) is 0 Å². The highest BCUT2D eigenvalue weighted by Gasteiger charge is 2.08. The molecule has 7 heteroatoms. The first-order chi connectivity index (χ1) is 8.56. The van der Waals surface area contributed by atoms with Gasteiger partial charge in [0.05, 0.1) is 10.2 Å². The molecule has 0 radical (unpaired) electrons. The van der Waals surface area contributed by atoms with Crippen LogP contribution in [0.3, 0.4) is 0 Å². The van der Waals surface area contributed by atoms with Gasteiger partial charge in [0.2, 0.25) is 5.28 Å². The zero-order chi connectivity index (χ0) is 13.1. The number of nitrogens with zero attached hydrogens (tertiary/aromatic N) is 3. The van der Waals surface area contributed by atoms with Crippen LogP contribution in [0.1, 0.15) is 13.8 Å². The van der Waals surface area contributed by atoms with Crippen LogP contribution in [-0.2, 0) is 0 Å². The predicted octanol–water partition coefficient (Wildman–Crippen LogP) is 3.21. The molecule has 2 aromatic heterocycles. The number of rotatable bonds is 4. The lowest BCUT2D eigenvalue weighted by Crippen LogP contribution is -2.14. The van der Waals surface area contributed by atoms with E-state index in [1.165, 1.54) is 11.3 Å². The van der Waals surface area contributed by atoms with Crippen LogP contribution in [0.2, 0.25) is 5.28 Å². The van der Waals surface area contributed by atoms with Crippen LogP contribution in [0.4, 0.5) is 5.82 Å². The van der Waals surface area contributed by atoms with Gasteiger partial charge in [-0.2, -0.15) is 10.1 Å². The zero-order valence-corrected chi connectivity index (χ0v) is 11.6. The summed E-state index contributed by atoms with van der Waals surface area (Å²) in [7, 11) is 0. The van der Waals surface area contributed by atoms with E-state index < -0.39 is 0 Å². The summed E-state index contributed by atoms with van der Waals surface area (Å²) < 4.78 is 0.930. The highest BCUT2D eigenvalue weighted by atomic mass is 35.5. The Kier molecular flexibility index (Phi) is 3.78. The van der Waals surface area contributed by atoms with E-state index in [0.29, 0.717) is 11.6 Å². The molecule has 2 aromatic rings. The molecule has 0 amide bonds. The number of halogens is 1. The second kappa shape index (κ2) is 5.32. The number of nitrogens with one attached hydrogen (secondary N) is 2. The summed E-state index contributed by atoms with van der Waals surface area (Å²) in [6.07, 6.45) is 0. The zero-order valence-electron chi connectivity index (χ0n) is 9.99. The van der Waals surface area contributed by atoms with Crippen molar-refractivity contribution in [1.82, 2.24) is 15.4 Å². The van der Waals surface area contributed by atoms with Crippen LogP contribution in [-0.4, -0.2) is 15.7 Å². The minimum absolute atomic E-state index is 0.200. The number of aromatic nitrogens is 2. The summed E-state index contributed by atoms with van der Waals surface area (Å²) >= 11 is 7.39. The Hall–Kier alpha value is -1.66. The molecule has 0 aliphatic rings. The normalized spacial score (nSPS) is 10.2. The molecule has 0 atom stereocenters. The van der Waals surface area contributed by atoms with E-state index in [-0.39, 0.29) is 5.28 Å². The van der Waals surface area contributed by atoms with Crippen molar-refractivity contribution in [2.24, 2.45) is 5.10 Å². The van der Waals surface area contributed by atoms with Crippen molar-refractivity contribution < 1.29 is 0 Å². The van der Waals surface area contributed by atoms with Crippen molar-refractivity contribution in [3.63, 3.8) is 0 Å². The van der Waals surface area contributed by atoms with Gasteiger partial charge in [0.15, 0.2) is 5.82 Å². The summed E-state index contributed by atoms with van der Waals surface area (Å²) in [5.74, 6) is 1.15. The fraction of sp³-hybridized carbons (Fsp3) is 0.182. The van der Waals surface area contributed by atoms with Gasteiger partial charge < -0.3 is 5.32 Å². The fourth-order valence-corrected chi connectivity index (χ4v) is 2.22. The summed E-state index contributed by atoms with van der Waals surface area (Å²) in [5, 5.41) is 9.21. The third-order valence-electron chi connectivity index (χ3n) is 1.96. The number of hydrogen-bond acceptors (Lipinski definition) is 6. The van der Waals surface area contributed by atoms with E-state index in [2.05, 4.69) is 32.4 Å². The third kappa shape index (κ3) is 2.96. The summed E-state index contributed by atoms with van der Waals surface area (Å²) in [6, 6.07) is 1.89. The molecule has 0 fully saturated rings. The SMILES string of the molecule is C=C(NN=C(C)C)Nc1nc(Cl)nc2ccsc12. The van der Waals surface area contributed by atoms with Crippen LogP contribution in [0, 0.1) is 0 Å². The van der Waals surface area contributed by atoms with Crippen LogP contribution in [0.15, 0.2) is 28.9 Å². The van der Waals surface area contributed by atoms with Gasteiger partial charge in [0, 0.05) is 5.71 Å². The lowest BCUT2D eigenvalue weighted by molar-refractivity contribution is 0.893. The van der Waals surface area contributed by atoms with Crippen molar-refractivity contribution in [1.29, 1.82) is 0 Å². The van der Waals surface area contributed by atoms with Crippen molar-refractivity contribution in [3.05, 3.63) is 29.1 Å². The Morgan fingerprint density at radius 1 is 1.44 bits per heavy atom. The highest BCUT2D eigenvalue weighted by molar-refractivity contribution is 7.17. The average molecular weight is 282 g/mol. The molecule has 0 bridgehead atoms. The molecule has 0 aromatic carbocycles. The highest BCUT2D eigenvalue weighted by Crippen LogP contribution is 2.27. The topological polar surface area (TPSA) is 62.2 Å². The Morgan fingerprint density at radius 3 is 2.94 bits per heavy atom. The summed E-state index contributed by atoms with van der Waals surface area (Å²) in [5.41, 5.74) is 4.50. The molecule has 94 valence electrons. The van der Waals surface area contributed by atoms with Gasteiger partial charge in [-0.15, -0.1) is 11.3 Å². The predicted molar refractivity (Wildman–Crippen MR) is 77.1 cm³/mol. The summed E-state index contributed by atoms with van der Waals surface area (Å²) in [6.45, 7) is 7.59. The third-order valence-corrected chi connectivity index (χ3v) is 3.04. The van der Waals surface area contributed by atoms with Crippen LogP contribution in [0.25, 0.3) is 10.2 Å². The molecule has 2 N–H and O–H groups in total. The first kappa shape index (κ1) is 12.8. The molecule has 0 unspecified atom stereocenters. The lowest BCUT2D eigenvalue weighted by atomic mass is 10.4. The maximum Gasteiger partial charge on any atom is 0.224 e. The molecule has 2 heterocycles. The van der Waals surface area contributed by atoms with Crippen LogP contribution in [0.5, 0.6) is 0 Å². The van der Waals surface area contributed by atoms with E-state index in [0.717, 1.165) is 15.9 Å². The molecule has 18 heavy (non-hydrogen) atoms. The standard InChI is InChI=1S/C11H12ClN5S/c1-6(2)16-17-7(3)13-10-9-8(4-5-18-9)14-11(12)15-10/h4-5,17H,3H2,1-2H3,(H,13,14,15). The van der Waals surface area contributed by atoms with E-state index in [4.69, 9.17) is 11.6 Å². The molecule has 2 rings (SSSR count). The molecule has 0 saturated heterocycles. The number of hydrogen-bond donors (Lipinski definition) is 2. The van der Waals surface area contributed by atoms with Crippen molar-refractivity contribution >= 4 is 44.7 Å². The molecule has 0 spiro atoms. The molecule has 0 aliphatic heterocycles. The Labute approximate surface area is 114 Å². The van der Waals surface area contributed by atoms with Gasteiger partial charge in [0.1, 0.15) is 5.82 Å². The van der Waals surface area contributed by atoms with Crippen LogP contribution < -0.4 is 10.7 Å². The van der Waals surface area contributed by atoms with Gasteiger partial charge in [-0.3, -0.25) is 5.43 Å². The van der Waals surface area contributed by atoms with Crippen LogP contribution >= 0.6 is 22.9 Å². The van der Waals surface area contributed by atoms with Gasteiger partial charge in [0.25, 0.3) is 0 Å². The smallest absolute Gasteiger partial charge is 0.224 e. The molecular weight excluding hydrogens is 270 g/mol. The second-order valence-corrected chi connectivity index (χ2v) is 5.00. The quantitative estimate of drug-likeness (QED) is 0.513. The molecule has 5 nitrogen and oxygen atoms in total. The molecule has 0 saturated carbocycles. The maximum absolute atomic E-state index is 5.86. The van der Waals surface area contributed by atoms with Gasteiger partial charge in [-0.1, -0.05) is 6.58 Å². The number of anilines is 1.